The van der Waals surface area contributed by atoms with Gasteiger partial charge in [0.05, 0.1) is 46.9 Å². The average molecular weight is 329 g/mol. The van der Waals surface area contributed by atoms with E-state index >= 15 is 0 Å². The molecule has 7 heteroatoms. The predicted molar refractivity (Wildman–Crippen MR) is 84.2 cm³/mol. The van der Waals surface area contributed by atoms with Crippen molar-refractivity contribution in [2.75, 3.05) is 46.9 Å². The maximum Gasteiger partial charge on any atom is 0.247 e. The highest BCUT2D eigenvalue weighted by molar-refractivity contribution is 7.89. The molecule has 1 heterocycles. The van der Waals surface area contributed by atoms with Crippen molar-refractivity contribution in [3.8, 4) is 11.5 Å². The summed E-state index contributed by atoms with van der Waals surface area (Å²) in [6, 6.07) is 4.85. The minimum atomic E-state index is -3.56. The fraction of sp³-hybridized carbons (Fsp3) is 0.600. The molecule has 6 nitrogen and oxygen atoms in total. The van der Waals surface area contributed by atoms with Crippen molar-refractivity contribution < 1.29 is 22.8 Å². The van der Waals surface area contributed by atoms with E-state index in [9.17, 15) is 8.42 Å². The summed E-state index contributed by atoms with van der Waals surface area (Å²) in [6.07, 6.45) is 1.12. The van der Waals surface area contributed by atoms with Gasteiger partial charge in [0.25, 0.3) is 0 Å². The molecule has 0 unspecified atom stereocenters. The molecule has 22 heavy (non-hydrogen) atoms. The van der Waals surface area contributed by atoms with Gasteiger partial charge in [0.15, 0.2) is 0 Å². The van der Waals surface area contributed by atoms with Crippen LogP contribution in [0.5, 0.6) is 11.5 Å². The van der Waals surface area contributed by atoms with Gasteiger partial charge in [0, 0.05) is 6.07 Å². The molecule has 1 fully saturated rings. The van der Waals surface area contributed by atoms with Crippen LogP contribution >= 0.6 is 0 Å². The zero-order valence-corrected chi connectivity index (χ0v) is 14.3. The lowest BCUT2D eigenvalue weighted by Gasteiger charge is -2.31. The molecule has 0 aliphatic carbocycles. The number of quaternary nitrogens is 1. The number of sulfonamides is 1. The van der Waals surface area contributed by atoms with Gasteiger partial charge in [-0.15, -0.1) is 0 Å². The van der Waals surface area contributed by atoms with Crippen molar-refractivity contribution in [2.45, 2.75) is 18.2 Å². The summed E-state index contributed by atoms with van der Waals surface area (Å²) in [5.41, 5.74) is 0. The second kappa shape index (κ2) is 7.30. The van der Waals surface area contributed by atoms with Gasteiger partial charge < -0.3 is 14.4 Å². The number of nitrogens with zero attached hydrogens (tertiary/aromatic N) is 1. The Morgan fingerprint density at radius 3 is 2.41 bits per heavy atom. The topological polar surface area (TPSA) is 60.3 Å². The van der Waals surface area contributed by atoms with E-state index in [1.54, 1.807) is 16.4 Å². The Bertz CT molecular complexity index is 596. The summed E-state index contributed by atoms with van der Waals surface area (Å²) in [6.45, 7) is 6.02. The highest BCUT2D eigenvalue weighted by Gasteiger charge is 2.32. The fourth-order valence-corrected chi connectivity index (χ4v) is 4.38. The van der Waals surface area contributed by atoms with Crippen LogP contribution in [-0.2, 0) is 10.0 Å². The van der Waals surface area contributed by atoms with Crippen LogP contribution in [0.2, 0.25) is 0 Å². The van der Waals surface area contributed by atoms with Crippen LogP contribution in [0.3, 0.4) is 0 Å². The van der Waals surface area contributed by atoms with Crippen LogP contribution in [0.15, 0.2) is 23.1 Å². The SMILES string of the molecule is CCC[NH+]1CCN(S(=O)(=O)c2cc(OC)ccc2OC)CC1. The Balaban J connectivity index is 2.24. The molecule has 124 valence electrons. The first-order valence-corrected chi connectivity index (χ1v) is 9.02. The van der Waals surface area contributed by atoms with Crippen molar-refractivity contribution in [1.29, 1.82) is 0 Å². The maximum atomic E-state index is 12.9. The van der Waals surface area contributed by atoms with Crippen molar-refractivity contribution >= 4 is 10.0 Å². The molecular formula is C15H25N2O4S+. The number of hydrogen-bond acceptors (Lipinski definition) is 4. The molecule has 1 aromatic carbocycles. The minimum absolute atomic E-state index is 0.174. The highest BCUT2D eigenvalue weighted by Crippen LogP contribution is 2.30. The minimum Gasteiger partial charge on any atom is -0.497 e. The normalized spacial score (nSPS) is 17.4. The molecule has 0 amide bonds. The lowest BCUT2D eigenvalue weighted by Crippen LogP contribution is -3.14. The van der Waals surface area contributed by atoms with E-state index in [0.717, 1.165) is 26.1 Å². The molecule has 0 spiro atoms. The fourth-order valence-electron chi connectivity index (χ4n) is 2.77. The average Bonchev–Trinajstić information content (AvgIpc) is 2.55. The van der Waals surface area contributed by atoms with Gasteiger partial charge in [-0.1, -0.05) is 6.92 Å². The second-order valence-corrected chi connectivity index (χ2v) is 7.33. The van der Waals surface area contributed by atoms with Gasteiger partial charge in [-0.3, -0.25) is 0 Å². The van der Waals surface area contributed by atoms with Crippen molar-refractivity contribution in [2.24, 2.45) is 0 Å². The Hall–Kier alpha value is -1.31. The number of ether oxygens (including phenoxy) is 2. The lowest BCUT2D eigenvalue weighted by atomic mass is 10.3. The smallest absolute Gasteiger partial charge is 0.247 e. The van der Waals surface area contributed by atoms with Crippen LogP contribution in [0.4, 0.5) is 0 Å². The van der Waals surface area contributed by atoms with E-state index in [2.05, 4.69) is 6.92 Å². The third-order valence-corrected chi connectivity index (χ3v) is 5.94. The first kappa shape index (κ1) is 17.1. The first-order chi connectivity index (χ1) is 10.5. The van der Waals surface area contributed by atoms with Gasteiger partial charge in [-0.2, -0.15) is 4.31 Å². The quantitative estimate of drug-likeness (QED) is 0.798. The van der Waals surface area contributed by atoms with Crippen molar-refractivity contribution in [3.05, 3.63) is 18.2 Å². The third kappa shape index (κ3) is 3.53. The molecule has 0 radical (unpaired) electrons. The van der Waals surface area contributed by atoms with Crippen LogP contribution in [-0.4, -0.2) is 59.7 Å². The molecule has 0 aromatic heterocycles. The molecule has 1 aliphatic heterocycles. The molecule has 1 saturated heterocycles. The summed E-state index contributed by atoms with van der Waals surface area (Å²) in [5, 5.41) is 0. The van der Waals surface area contributed by atoms with Crippen molar-refractivity contribution in [3.63, 3.8) is 0 Å². The van der Waals surface area contributed by atoms with Gasteiger partial charge in [-0.25, -0.2) is 8.42 Å². The number of piperazine rings is 1. The van der Waals surface area contributed by atoms with Crippen molar-refractivity contribution in [1.82, 2.24) is 4.31 Å². The Labute approximate surface area is 132 Å². The van der Waals surface area contributed by atoms with Gasteiger partial charge >= 0.3 is 0 Å². The highest BCUT2D eigenvalue weighted by atomic mass is 32.2. The predicted octanol–water partition coefficient (Wildman–Crippen LogP) is 0.00300. The zero-order chi connectivity index (χ0) is 16.2. The lowest BCUT2D eigenvalue weighted by molar-refractivity contribution is -0.903. The molecular weight excluding hydrogens is 304 g/mol. The Kier molecular flexibility index (Phi) is 5.66. The van der Waals surface area contributed by atoms with E-state index in [4.69, 9.17) is 9.47 Å². The molecule has 1 N–H and O–H groups in total. The number of rotatable bonds is 6. The van der Waals surface area contributed by atoms with Gasteiger partial charge in [0.1, 0.15) is 16.4 Å². The molecule has 0 saturated carbocycles. The first-order valence-electron chi connectivity index (χ1n) is 7.58. The summed E-state index contributed by atoms with van der Waals surface area (Å²) in [7, 11) is -0.565. The largest absolute Gasteiger partial charge is 0.497 e. The zero-order valence-electron chi connectivity index (χ0n) is 13.5. The standard InChI is InChI=1S/C15H24N2O4S/c1-4-7-16-8-10-17(11-9-16)22(18,19)15-12-13(20-2)5-6-14(15)21-3/h5-6,12H,4,7-11H2,1-3H3/p+1. The number of nitrogens with one attached hydrogen (secondary N) is 1. The third-order valence-electron chi connectivity index (χ3n) is 4.02. The monoisotopic (exact) mass is 329 g/mol. The Morgan fingerprint density at radius 1 is 1.18 bits per heavy atom. The summed E-state index contributed by atoms with van der Waals surface area (Å²) >= 11 is 0. The number of benzene rings is 1. The van der Waals surface area contributed by atoms with E-state index in [1.165, 1.54) is 25.2 Å². The van der Waals surface area contributed by atoms with E-state index in [0.29, 0.717) is 24.6 Å². The second-order valence-electron chi connectivity index (χ2n) is 5.42. The number of methoxy groups -OCH3 is 2. The van der Waals surface area contributed by atoms with Gasteiger partial charge in [-0.05, 0) is 18.6 Å². The van der Waals surface area contributed by atoms with E-state index < -0.39 is 10.0 Å². The number of hydrogen-bond donors (Lipinski definition) is 1. The molecule has 2 rings (SSSR count). The van der Waals surface area contributed by atoms with Crippen LogP contribution < -0.4 is 14.4 Å². The molecule has 0 atom stereocenters. The molecule has 0 bridgehead atoms. The maximum absolute atomic E-state index is 12.9. The van der Waals surface area contributed by atoms with Crippen LogP contribution in [0.25, 0.3) is 0 Å². The summed E-state index contributed by atoms with van der Waals surface area (Å²) < 4.78 is 37.7. The summed E-state index contributed by atoms with van der Waals surface area (Å²) in [4.78, 5) is 1.64. The molecule has 1 aromatic rings. The summed E-state index contributed by atoms with van der Waals surface area (Å²) in [5.74, 6) is 0.860. The van der Waals surface area contributed by atoms with Gasteiger partial charge in [0.2, 0.25) is 10.0 Å². The Morgan fingerprint density at radius 2 is 1.86 bits per heavy atom. The van der Waals surface area contributed by atoms with Crippen LogP contribution in [0, 0.1) is 0 Å². The van der Waals surface area contributed by atoms with E-state index in [1.807, 2.05) is 0 Å². The van der Waals surface area contributed by atoms with E-state index in [-0.39, 0.29) is 4.90 Å². The van der Waals surface area contributed by atoms with Crippen LogP contribution in [0.1, 0.15) is 13.3 Å². The molecule has 1 aliphatic rings.